The van der Waals surface area contributed by atoms with Crippen molar-refractivity contribution in [2.75, 3.05) is 44.7 Å². The van der Waals surface area contributed by atoms with Gasteiger partial charge in [-0.2, -0.15) is 4.72 Å². The molecule has 0 unspecified atom stereocenters. The van der Waals surface area contributed by atoms with Crippen LogP contribution in [-0.4, -0.2) is 81.0 Å². The fourth-order valence-electron chi connectivity index (χ4n) is 4.95. The SMILES string of the molecule is Cc1c(N2CCCC2=O)cccc1S(=O)(=O)N[C@@H](Cc1cc(-c2ccc(Cl)s2)on1)C(=O)N1CCN(C)CC1. The van der Waals surface area contributed by atoms with Crippen LogP contribution in [0.5, 0.6) is 0 Å². The third-order valence-corrected chi connectivity index (χ3v) is 9.97. The highest BCUT2D eigenvalue weighted by molar-refractivity contribution is 7.89. The maximum Gasteiger partial charge on any atom is 0.241 e. The zero-order chi connectivity index (χ0) is 27.7. The summed E-state index contributed by atoms with van der Waals surface area (Å²) in [5.74, 6) is 0.144. The van der Waals surface area contributed by atoms with Crippen molar-refractivity contribution < 1.29 is 22.5 Å². The lowest BCUT2D eigenvalue weighted by molar-refractivity contribution is -0.134. The first-order valence-electron chi connectivity index (χ1n) is 12.7. The predicted octanol–water partition coefficient (Wildman–Crippen LogP) is 3.16. The van der Waals surface area contributed by atoms with Crippen molar-refractivity contribution in [3.05, 3.63) is 52.0 Å². The first-order valence-corrected chi connectivity index (χ1v) is 15.4. The van der Waals surface area contributed by atoms with E-state index in [0.717, 1.165) is 11.3 Å². The quantitative estimate of drug-likeness (QED) is 0.428. The lowest BCUT2D eigenvalue weighted by atomic mass is 10.1. The standard InChI is InChI=1S/C26H30ClN5O5S2/c1-17-20(32-10-4-7-25(32)33)5-3-6-23(17)39(35,36)29-19(26(34)31-13-11-30(2)12-14-31)15-18-16-21(37-28-18)22-8-9-24(27)38-22/h3,5-6,8-9,16,19,29H,4,7,10-15H2,1-2H3/t19-/m0/s1. The monoisotopic (exact) mass is 591 g/mol. The van der Waals surface area contributed by atoms with E-state index < -0.39 is 16.1 Å². The van der Waals surface area contributed by atoms with E-state index in [9.17, 15) is 18.0 Å². The Bertz CT molecular complexity index is 1480. The van der Waals surface area contributed by atoms with Crippen molar-refractivity contribution in [3.63, 3.8) is 0 Å². The number of piperazine rings is 1. The van der Waals surface area contributed by atoms with Gasteiger partial charge >= 0.3 is 0 Å². The third kappa shape index (κ3) is 6.04. The Morgan fingerprint density at radius 3 is 2.62 bits per heavy atom. The molecule has 39 heavy (non-hydrogen) atoms. The van der Waals surface area contributed by atoms with Gasteiger partial charge in [0.1, 0.15) is 6.04 Å². The molecule has 0 radical (unpaired) electrons. The highest BCUT2D eigenvalue weighted by Crippen LogP contribution is 2.32. The number of halogens is 1. The van der Waals surface area contributed by atoms with Crippen LogP contribution in [0.2, 0.25) is 4.34 Å². The molecule has 13 heteroatoms. The van der Waals surface area contributed by atoms with E-state index in [1.54, 1.807) is 41.0 Å². The fourth-order valence-corrected chi connectivity index (χ4v) is 7.39. The Morgan fingerprint density at radius 2 is 1.95 bits per heavy atom. The summed E-state index contributed by atoms with van der Waals surface area (Å²) in [6.07, 6.45) is 1.18. The summed E-state index contributed by atoms with van der Waals surface area (Å²) in [6, 6.07) is 9.03. The Labute approximate surface area is 236 Å². The van der Waals surface area contributed by atoms with Gasteiger partial charge in [-0.15, -0.1) is 11.3 Å². The summed E-state index contributed by atoms with van der Waals surface area (Å²) in [4.78, 5) is 32.2. The second kappa shape index (κ2) is 11.4. The Hall–Kier alpha value is -2.77. The van der Waals surface area contributed by atoms with Crippen LogP contribution in [0, 0.1) is 6.92 Å². The van der Waals surface area contributed by atoms with Crippen molar-refractivity contribution in [2.24, 2.45) is 0 Å². The van der Waals surface area contributed by atoms with Gasteiger partial charge < -0.3 is 19.2 Å². The number of hydrogen-bond acceptors (Lipinski definition) is 8. The first-order chi connectivity index (χ1) is 18.6. The molecule has 2 amide bonds. The molecule has 3 aromatic rings. The van der Waals surface area contributed by atoms with E-state index in [4.69, 9.17) is 16.1 Å². The number of nitrogens with one attached hydrogen (secondary N) is 1. The van der Waals surface area contributed by atoms with Gasteiger partial charge in [0, 0.05) is 57.3 Å². The zero-order valence-corrected chi connectivity index (χ0v) is 24.1. The van der Waals surface area contributed by atoms with Gasteiger partial charge in [0.2, 0.25) is 21.8 Å². The first kappa shape index (κ1) is 27.8. The van der Waals surface area contributed by atoms with E-state index in [-0.39, 0.29) is 23.1 Å². The lowest BCUT2D eigenvalue weighted by Crippen LogP contribution is -2.55. The minimum Gasteiger partial charge on any atom is -0.355 e. The van der Waals surface area contributed by atoms with Crippen LogP contribution in [-0.2, 0) is 26.0 Å². The summed E-state index contributed by atoms with van der Waals surface area (Å²) in [7, 11) is -2.15. The fraction of sp³-hybridized carbons (Fsp3) is 0.423. The van der Waals surface area contributed by atoms with Crippen LogP contribution < -0.4 is 9.62 Å². The number of benzene rings is 1. The maximum atomic E-state index is 13.7. The van der Waals surface area contributed by atoms with Crippen LogP contribution in [0.15, 0.2) is 45.8 Å². The molecule has 4 heterocycles. The summed E-state index contributed by atoms with van der Waals surface area (Å²) >= 11 is 7.38. The Kier molecular flexibility index (Phi) is 8.11. The molecule has 5 rings (SSSR count). The molecule has 2 fully saturated rings. The van der Waals surface area contributed by atoms with Crippen molar-refractivity contribution in [2.45, 2.75) is 37.1 Å². The average Bonchev–Trinajstić information content (AvgIpc) is 3.65. The number of carbonyl (C=O) groups excluding carboxylic acids is 2. The number of rotatable bonds is 8. The molecule has 10 nitrogen and oxygen atoms in total. The second-order valence-corrected chi connectivity index (χ2v) is 13.2. The smallest absolute Gasteiger partial charge is 0.241 e. The summed E-state index contributed by atoms with van der Waals surface area (Å²) < 4.78 is 36.2. The molecule has 2 aromatic heterocycles. The van der Waals surface area contributed by atoms with Crippen molar-refractivity contribution in [1.29, 1.82) is 0 Å². The van der Waals surface area contributed by atoms with Crippen LogP contribution in [0.1, 0.15) is 24.1 Å². The topological polar surface area (TPSA) is 116 Å². The highest BCUT2D eigenvalue weighted by Gasteiger charge is 2.33. The van der Waals surface area contributed by atoms with Gasteiger partial charge in [0.15, 0.2) is 5.76 Å². The third-order valence-electron chi connectivity index (χ3n) is 7.11. The van der Waals surface area contributed by atoms with Gasteiger partial charge in [-0.3, -0.25) is 9.59 Å². The zero-order valence-electron chi connectivity index (χ0n) is 21.7. The van der Waals surface area contributed by atoms with Crippen molar-refractivity contribution in [3.8, 4) is 10.6 Å². The number of carbonyl (C=O) groups is 2. The molecule has 0 saturated carbocycles. The van der Waals surface area contributed by atoms with Crippen molar-refractivity contribution >= 4 is 50.5 Å². The Morgan fingerprint density at radius 1 is 1.18 bits per heavy atom. The summed E-state index contributed by atoms with van der Waals surface area (Å²) in [6.45, 7) is 4.62. The van der Waals surface area contributed by atoms with Crippen LogP contribution in [0.3, 0.4) is 0 Å². The van der Waals surface area contributed by atoms with Crippen LogP contribution in [0.25, 0.3) is 10.6 Å². The summed E-state index contributed by atoms with van der Waals surface area (Å²) in [5, 5.41) is 4.11. The minimum absolute atomic E-state index is 0.0103. The van der Waals surface area contributed by atoms with Gasteiger partial charge in [-0.1, -0.05) is 22.8 Å². The number of likely N-dealkylation sites (N-methyl/N-ethyl adjacent to an activating group) is 1. The molecule has 2 aliphatic rings. The maximum absolute atomic E-state index is 13.7. The molecule has 2 saturated heterocycles. The molecule has 2 aliphatic heterocycles. The molecule has 1 N–H and O–H groups in total. The molecule has 1 atom stereocenters. The van der Waals surface area contributed by atoms with Crippen molar-refractivity contribution in [1.82, 2.24) is 19.7 Å². The van der Waals surface area contributed by atoms with E-state index in [2.05, 4.69) is 14.8 Å². The summed E-state index contributed by atoms with van der Waals surface area (Å²) in [5.41, 5.74) is 1.47. The molecule has 0 bridgehead atoms. The Balaban J connectivity index is 1.43. The number of nitrogens with zero attached hydrogens (tertiary/aromatic N) is 4. The number of hydrogen-bond donors (Lipinski definition) is 1. The van der Waals surface area contributed by atoms with Crippen LogP contribution >= 0.6 is 22.9 Å². The normalized spacial score (nSPS) is 17.7. The molecular weight excluding hydrogens is 562 g/mol. The largest absolute Gasteiger partial charge is 0.355 e. The number of thiophene rings is 1. The minimum atomic E-state index is -4.14. The van der Waals surface area contributed by atoms with Gasteiger partial charge in [0.25, 0.3) is 0 Å². The predicted molar refractivity (Wildman–Crippen MR) is 149 cm³/mol. The van der Waals surface area contributed by atoms with Crippen LogP contribution in [0.4, 0.5) is 5.69 Å². The second-order valence-electron chi connectivity index (χ2n) is 9.84. The van der Waals surface area contributed by atoms with Gasteiger partial charge in [-0.05, 0) is 50.2 Å². The molecule has 0 spiro atoms. The van der Waals surface area contributed by atoms with E-state index in [0.29, 0.717) is 66.2 Å². The van der Waals surface area contributed by atoms with E-state index in [1.807, 2.05) is 13.1 Å². The molecule has 208 valence electrons. The molecule has 1 aromatic carbocycles. The average molecular weight is 592 g/mol. The number of amides is 2. The number of anilines is 1. The van der Waals surface area contributed by atoms with Gasteiger partial charge in [0.05, 0.1) is 19.8 Å². The van der Waals surface area contributed by atoms with Gasteiger partial charge in [-0.25, -0.2) is 8.42 Å². The number of aromatic nitrogens is 1. The van der Waals surface area contributed by atoms with E-state index >= 15 is 0 Å². The lowest BCUT2D eigenvalue weighted by Gasteiger charge is -2.34. The van der Waals surface area contributed by atoms with E-state index in [1.165, 1.54) is 17.4 Å². The highest BCUT2D eigenvalue weighted by atomic mass is 35.5. The number of sulfonamides is 1. The molecular formula is C26H30ClN5O5S2. The molecule has 0 aliphatic carbocycles.